The van der Waals surface area contributed by atoms with E-state index in [-0.39, 0.29) is 5.56 Å². The zero-order valence-electron chi connectivity index (χ0n) is 16.6. The lowest BCUT2D eigenvalue weighted by atomic mass is 10.1. The molecule has 0 aliphatic carbocycles. The van der Waals surface area contributed by atoms with Gasteiger partial charge in [-0.3, -0.25) is 4.79 Å². The minimum Gasteiger partial charge on any atom is -0.357 e. The highest BCUT2D eigenvalue weighted by molar-refractivity contribution is 5.95. The Labute approximate surface area is 167 Å². The maximum absolute atomic E-state index is 12.4. The molecule has 0 radical (unpaired) electrons. The monoisotopic (exact) mass is 383 g/mol. The molecular formula is C23H21N5O. The van der Waals surface area contributed by atoms with Crippen molar-refractivity contribution in [3.05, 3.63) is 82.3 Å². The van der Waals surface area contributed by atoms with Crippen LogP contribution in [0.1, 0.15) is 17.0 Å². The lowest BCUT2D eigenvalue weighted by molar-refractivity contribution is 0.786. The first-order valence-electron chi connectivity index (χ1n) is 9.57. The second-order valence-corrected chi connectivity index (χ2v) is 7.52. The molecule has 4 heterocycles. The van der Waals surface area contributed by atoms with Crippen LogP contribution in [0.4, 0.5) is 0 Å². The number of H-pyrrole nitrogens is 1. The van der Waals surface area contributed by atoms with Crippen molar-refractivity contribution in [2.45, 2.75) is 20.4 Å². The number of imidazole rings is 1. The number of aromatic amines is 1. The van der Waals surface area contributed by atoms with Gasteiger partial charge in [0.2, 0.25) is 0 Å². The van der Waals surface area contributed by atoms with Crippen molar-refractivity contribution >= 4 is 22.1 Å². The summed E-state index contributed by atoms with van der Waals surface area (Å²) in [6.45, 7) is 4.83. The number of nitrogens with one attached hydrogen (secondary N) is 1. The fourth-order valence-corrected chi connectivity index (χ4v) is 3.84. The van der Waals surface area contributed by atoms with E-state index in [0.29, 0.717) is 5.52 Å². The SMILES string of the molecule is Cc1ccc(Cn2c(C)nc3ncc(-c4cn(C)c(=O)c5[nH]ccc45)cc32)cc1. The van der Waals surface area contributed by atoms with Crippen molar-refractivity contribution in [3.63, 3.8) is 0 Å². The molecule has 0 amide bonds. The van der Waals surface area contributed by atoms with E-state index in [4.69, 9.17) is 0 Å². The molecule has 29 heavy (non-hydrogen) atoms. The van der Waals surface area contributed by atoms with E-state index in [1.807, 2.05) is 25.4 Å². The van der Waals surface area contributed by atoms with Gasteiger partial charge in [0.25, 0.3) is 5.56 Å². The molecule has 1 N–H and O–H groups in total. The molecule has 144 valence electrons. The molecule has 6 nitrogen and oxygen atoms in total. The van der Waals surface area contributed by atoms with E-state index >= 15 is 0 Å². The number of fused-ring (bicyclic) bond motifs is 2. The molecule has 6 heteroatoms. The molecule has 0 aliphatic rings. The highest BCUT2D eigenvalue weighted by atomic mass is 16.1. The van der Waals surface area contributed by atoms with Crippen molar-refractivity contribution in [3.8, 4) is 11.1 Å². The third-order valence-electron chi connectivity index (χ3n) is 5.46. The van der Waals surface area contributed by atoms with Crippen molar-refractivity contribution in [2.24, 2.45) is 7.05 Å². The second-order valence-electron chi connectivity index (χ2n) is 7.52. The molecule has 0 saturated carbocycles. The number of aromatic nitrogens is 5. The van der Waals surface area contributed by atoms with Gasteiger partial charge in [-0.25, -0.2) is 9.97 Å². The molecule has 0 aliphatic heterocycles. The zero-order chi connectivity index (χ0) is 20.1. The van der Waals surface area contributed by atoms with Crippen molar-refractivity contribution in [1.82, 2.24) is 24.1 Å². The molecule has 4 aromatic heterocycles. The molecule has 0 spiro atoms. The summed E-state index contributed by atoms with van der Waals surface area (Å²) in [5.41, 5.74) is 6.68. The van der Waals surface area contributed by atoms with Crippen molar-refractivity contribution in [2.75, 3.05) is 0 Å². The van der Waals surface area contributed by atoms with Gasteiger partial charge in [-0.15, -0.1) is 0 Å². The van der Waals surface area contributed by atoms with E-state index in [1.165, 1.54) is 11.1 Å². The predicted molar refractivity (Wildman–Crippen MR) is 115 cm³/mol. The number of benzene rings is 1. The highest BCUT2D eigenvalue weighted by Gasteiger charge is 2.14. The molecule has 1 aromatic carbocycles. The van der Waals surface area contributed by atoms with Crippen LogP contribution in [0.15, 0.2) is 59.8 Å². The number of hydrogen-bond donors (Lipinski definition) is 1. The lowest BCUT2D eigenvalue weighted by Gasteiger charge is -2.10. The van der Waals surface area contributed by atoms with Gasteiger partial charge in [-0.05, 0) is 31.5 Å². The van der Waals surface area contributed by atoms with Crippen LogP contribution in [0.2, 0.25) is 0 Å². The molecule has 5 rings (SSSR count). The molecule has 0 saturated heterocycles. The van der Waals surface area contributed by atoms with Crippen LogP contribution in [0.3, 0.4) is 0 Å². The number of rotatable bonds is 3. The zero-order valence-corrected chi connectivity index (χ0v) is 16.6. The van der Waals surface area contributed by atoms with Gasteiger partial charge < -0.3 is 14.1 Å². The Balaban J connectivity index is 1.68. The third-order valence-corrected chi connectivity index (χ3v) is 5.46. The van der Waals surface area contributed by atoms with E-state index in [2.05, 4.69) is 56.8 Å². The van der Waals surface area contributed by atoms with E-state index in [9.17, 15) is 4.79 Å². The maximum Gasteiger partial charge on any atom is 0.274 e. The Bertz CT molecular complexity index is 1420. The quantitative estimate of drug-likeness (QED) is 0.513. The Morgan fingerprint density at radius 1 is 1.10 bits per heavy atom. The molecular weight excluding hydrogens is 362 g/mol. The topological polar surface area (TPSA) is 68.5 Å². The fourth-order valence-electron chi connectivity index (χ4n) is 3.84. The van der Waals surface area contributed by atoms with Gasteiger partial charge in [0.1, 0.15) is 11.3 Å². The van der Waals surface area contributed by atoms with Gasteiger partial charge in [-0.2, -0.15) is 0 Å². The summed E-state index contributed by atoms with van der Waals surface area (Å²) < 4.78 is 3.79. The number of aryl methyl sites for hydroxylation is 3. The summed E-state index contributed by atoms with van der Waals surface area (Å²) in [5, 5.41) is 0.899. The van der Waals surface area contributed by atoms with Crippen LogP contribution in [0.5, 0.6) is 0 Å². The summed E-state index contributed by atoms with van der Waals surface area (Å²) in [7, 11) is 1.77. The van der Waals surface area contributed by atoms with E-state index in [1.54, 1.807) is 17.8 Å². The molecule has 5 aromatic rings. The average molecular weight is 383 g/mol. The summed E-state index contributed by atoms with van der Waals surface area (Å²) >= 11 is 0. The van der Waals surface area contributed by atoms with Gasteiger partial charge in [0.15, 0.2) is 5.65 Å². The van der Waals surface area contributed by atoms with Crippen molar-refractivity contribution in [1.29, 1.82) is 0 Å². The van der Waals surface area contributed by atoms with Crippen LogP contribution in [0, 0.1) is 13.8 Å². The largest absolute Gasteiger partial charge is 0.357 e. The Hall–Kier alpha value is -3.67. The van der Waals surface area contributed by atoms with Crippen LogP contribution < -0.4 is 5.56 Å². The summed E-state index contributed by atoms with van der Waals surface area (Å²) in [6, 6.07) is 12.6. The van der Waals surface area contributed by atoms with E-state index < -0.39 is 0 Å². The molecule has 0 atom stereocenters. The summed E-state index contributed by atoms with van der Waals surface area (Å²) in [5.74, 6) is 0.928. The normalized spacial score (nSPS) is 11.6. The molecule has 0 bridgehead atoms. The summed E-state index contributed by atoms with van der Waals surface area (Å²) in [4.78, 5) is 24.7. The van der Waals surface area contributed by atoms with Gasteiger partial charge in [0.05, 0.1) is 5.52 Å². The predicted octanol–water partition coefficient (Wildman–Crippen LogP) is 3.94. The fraction of sp³-hybridized carbons (Fsp3) is 0.174. The summed E-state index contributed by atoms with van der Waals surface area (Å²) in [6.07, 6.45) is 5.50. The minimum atomic E-state index is -0.0388. The second kappa shape index (κ2) is 6.44. The van der Waals surface area contributed by atoms with Crippen LogP contribution in [0.25, 0.3) is 33.2 Å². The maximum atomic E-state index is 12.4. The Kier molecular flexibility index (Phi) is 3.87. The molecule has 0 fully saturated rings. The van der Waals surface area contributed by atoms with Crippen LogP contribution in [-0.2, 0) is 13.6 Å². The van der Waals surface area contributed by atoms with Gasteiger partial charge in [0, 0.05) is 48.7 Å². The first kappa shape index (κ1) is 17.4. The molecule has 0 unspecified atom stereocenters. The number of pyridine rings is 2. The minimum absolute atomic E-state index is 0.0388. The first-order valence-corrected chi connectivity index (χ1v) is 9.57. The highest BCUT2D eigenvalue weighted by Crippen LogP contribution is 2.28. The first-order chi connectivity index (χ1) is 14.0. The standard InChI is InChI=1S/C23H21N5O/c1-14-4-6-16(7-5-14)12-28-15(2)26-22-20(28)10-17(11-25-22)19-13-27(3)23(29)21-18(19)8-9-24-21/h4-11,13,24H,12H2,1-3H3. The Morgan fingerprint density at radius 2 is 1.90 bits per heavy atom. The van der Waals surface area contributed by atoms with E-state index in [0.717, 1.165) is 40.0 Å². The number of hydrogen-bond acceptors (Lipinski definition) is 3. The van der Waals surface area contributed by atoms with Gasteiger partial charge >= 0.3 is 0 Å². The van der Waals surface area contributed by atoms with Crippen LogP contribution in [-0.4, -0.2) is 24.1 Å². The van der Waals surface area contributed by atoms with Crippen LogP contribution >= 0.6 is 0 Å². The van der Waals surface area contributed by atoms with Gasteiger partial charge in [-0.1, -0.05) is 29.8 Å². The van der Waals surface area contributed by atoms with Crippen molar-refractivity contribution < 1.29 is 0 Å². The average Bonchev–Trinajstić information content (AvgIpc) is 3.31. The third kappa shape index (κ3) is 2.84. The Morgan fingerprint density at radius 3 is 2.69 bits per heavy atom. The lowest BCUT2D eigenvalue weighted by Crippen LogP contribution is -2.16. The number of nitrogens with zero attached hydrogens (tertiary/aromatic N) is 4. The smallest absolute Gasteiger partial charge is 0.274 e.